The van der Waals surface area contributed by atoms with Gasteiger partial charge in [0.25, 0.3) is 0 Å². The molecule has 1 saturated heterocycles. The van der Waals surface area contributed by atoms with Gasteiger partial charge in [-0.3, -0.25) is 0 Å². The van der Waals surface area contributed by atoms with Crippen molar-refractivity contribution in [2.45, 2.75) is 26.0 Å². The van der Waals surface area contributed by atoms with Gasteiger partial charge < -0.3 is 19.9 Å². The molecular weight excluding hydrogens is 204 g/mol. The van der Waals surface area contributed by atoms with E-state index in [0.717, 1.165) is 38.6 Å². The van der Waals surface area contributed by atoms with Gasteiger partial charge in [0.1, 0.15) is 0 Å². The van der Waals surface area contributed by atoms with E-state index in [4.69, 9.17) is 10.5 Å². The second-order valence-electron chi connectivity index (χ2n) is 4.10. The minimum absolute atomic E-state index is 0.139. The lowest BCUT2D eigenvalue weighted by atomic mass is 10.3. The first-order valence-electron chi connectivity index (χ1n) is 5.93. The Morgan fingerprint density at radius 1 is 1.62 bits per heavy atom. The molecule has 0 aliphatic carbocycles. The largest absolute Gasteiger partial charge is 0.373 e. The minimum Gasteiger partial charge on any atom is -0.373 e. The maximum absolute atomic E-state index is 5.64. The molecule has 0 aromatic carbocycles. The number of hydrogen-bond acceptors (Lipinski definition) is 4. The lowest BCUT2D eigenvalue weighted by molar-refractivity contribution is 0.0458. The third-order valence-corrected chi connectivity index (χ3v) is 2.84. The highest BCUT2D eigenvalue weighted by Crippen LogP contribution is 2.15. The van der Waals surface area contributed by atoms with Crippen molar-refractivity contribution in [1.29, 1.82) is 0 Å². The summed E-state index contributed by atoms with van der Waals surface area (Å²) in [4.78, 5) is 6.68. The van der Waals surface area contributed by atoms with Crippen LogP contribution in [0.15, 0.2) is 12.4 Å². The zero-order chi connectivity index (χ0) is 11.4. The normalized spacial score (nSPS) is 21.4. The lowest BCUT2D eigenvalue weighted by Crippen LogP contribution is -2.46. The summed E-state index contributed by atoms with van der Waals surface area (Å²) in [5.41, 5.74) is 5.64. The van der Waals surface area contributed by atoms with Crippen LogP contribution in [0.5, 0.6) is 0 Å². The van der Waals surface area contributed by atoms with Crippen molar-refractivity contribution in [2.75, 3.05) is 31.1 Å². The topological polar surface area (TPSA) is 56.3 Å². The molecule has 1 aromatic rings. The van der Waals surface area contributed by atoms with Gasteiger partial charge >= 0.3 is 0 Å². The summed E-state index contributed by atoms with van der Waals surface area (Å²) in [6.45, 7) is 6.24. The first-order valence-corrected chi connectivity index (χ1v) is 5.93. The van der Waals surface area contributed by atoms with E-state index < -0.39 is 0 Å². The number of rotatable bonds is 4. The monoisotopic (exact) mass is 224 g/mol. The van der Waals surface area contributed by atoms with Gasteiger partial charge in [-0.25, -0.2) is 4.98 Å². The Balaban J connectivity index is 2.07. The Morgan fingerprint density at radius 3 is 3.25 bits per heavy atom. The lowest BCUT2D eigenvalue weighted by Gasteiger charge is -2.33. The molecule has 16 heavy (non-hydrogen) atoms. The number of hydrogen-bond donors (Lipinski definition) is 1. The van der Waals surface area contributed by atoms with Crippen LogP contribution in [-0.4, -0.2) is 41.9 Å². The van der Waals surface area contributed by atoms with E-state index in [2.05, 4.69) is 21.4 Å². The van der Waals surface area contributed by atoms with Gasteiger partial charge in [-0.1, -0.05) is 6.92 Å². The van der Waals surface area contributed by atoms with Crippen molar-refractivity contribution >= 4 is 5.95 Å². The van der Waals surface area contributed by atoms with Crippen LogP contribution in [0.4, 0.5) is 5.95 Å². The second-order valence-corrected chi connectivity index (χ2v) is 4.10. The molecule has 1 fully saturated rings. The van der Waals surface area contributed by atoms with Crippen molar-refractivity contribution in [3.63, 3.8) is 0 Å². The number of nitrogens with two attached hydrogens (primary N) is 1. The third kappa shape index (κ3) is 2.36. The molecule has 0 bridgehead atoms. The fourth-order valence-electron chi connectivity index (χ4n) is 2.04. The number of ether oxygens (including phenoxy) is 1. The number of nitrogens with zero attached hydrogens (tertiary/aromatic N) is 3. The average Bonchev–Trinajstić information content (AvgIpc) is 2.78. The molecule has 0 spiro atoms. The smallest absolute Gasteiger partial charge is 0.205 e. The number of morpholine rings is 1. The van der Waals surface area contributed by atoms with Crippen molar-refractivity contribution in [2.24, 2.45) is 5.73 Å². The van der Waals surface area contributed by atoms with Gasteiger partial charge in [-0.2, -0.15) is 0 Å². The first-order chi connectivity index (χ1) is 7.85. The highest BCUT2D eigenvalue weighted by atomic mass is 16.5. The zero-order valence-electron chi connectivity index (χ0n) is 9.80. The molecule has 2 rings (SSSR count). The molecule has 2 heterocycles. The summed E-state index contributed by atoms with van der Waals surface area (Å²) >= 11 is 0. The van der Waals surface area contributed by atoms with E-state index in [0.29, 0.717) is 6.54 Å². The van der Waals surface area contributed by atoms with Crippen LogP contribution < -0.4 is 10.6 Å². The predicted octanol–water partition coefficient (Wildman–Crippen LogP) is 0.457. The Hall–Kier alpha value is -1.07. The van der Waals surface area contributed by atoms with E-state index in [-0.39, 0.29) is 6.10 Å². The van der Waals surface area contributed by atoms with Crippen LogP contribution in [0.25, 0.3) is 0 Å². The number of aryl methyl sites for hydroxylation is 1. The van der Waals surface area contributed by atoms with Crippen LogP contribution in [0.2, 0.25) is 0 Å². The van der Waals surface area contributed by atoms with Gasteiger partial charge in [0.05, 0.1) is 12.7 Å². The van der Waals surface area contributed by atoms with Gasteiger partial charge in [0.2, 0.25) is 5.95 Å². The number of aromatic nitrogens is 2. The maximum Gasteiger partial charge on any atom is 0.205 e. The molecule has 1 aliphatic heterocycles. The molecule has 5 heteroatoms. The maximum atomic E-state index is 5.64. The van der Waals surface area contributed by atoms with Crippen molar-refractivity contribution < 1.29 is 4.74 Å². The molecular formula is C11H20N4O. The molecule has 5 nitrogen and oxygen atoms in total. The SMILES string of the molecule is CCCn1ccnc1N1CCOC(CN)C1. The van der Waals surface area contributed by atoms with E-state index in [1.165, 1.54) is 0 Å². The Kier molecular flexibility index (Phi) is 3.79. The van der Waals surface area contributed by atoms with Gasteiger partial charge in [-0.15, -0.1) is 0 Å². The summed E-state index contributed by atoms with van der Waals surface area (Å²) < 4.78 is 7.74. The first kappa shape index (κ1) is 11.4. The molecule has 1 aliphatic rings. The molecule has 0 amide bonds. The minimum atomic E-state index is 0.139. The van der Waals surface area contributed by atoms with Crippen molar-refractivity contribution in [3.05, 3.63) is 12.4 Å². The van der Waals surface area contributed by atoms with E-state index >= 15 is 0 Å². The van der Waals surface area contributed by atoms with Crippen LogP contribution in [0, 0.1) is 0 Å². The van der Waals surface area contributed by atoms with E-state index in [1.54, 1.807) is 0 Å². The van der Waals surface area contributed by atoms with Gasteiger partial charge in [0, 0.05) is 38.6 Å². The van der Waals surface area contributed by atoms with Crippen LogP contribution in [-0.2, 0) is 11.3 Å². The molecule has 0 radical (unpaired) electrons. The summed E-state index contributed by atoms with van der Waals surface area (Å²) in [7, 11) is 0. The van der Waals surface area contributed by atoms with Crippen LogP contribution >= 0.6 is 0 Å². The Bertz CT molecular complexity index is 326. The van der Waals surface area contributed by atoms with Gasteiger partial charge in [0.15, 0.2) is 0 Å². The Morgan fingerprint density at radius 2 is 2.50 bits per heavy atom. The van der Waals surface area contributed by atoms with E-state index in [9.17, 15) is 0 Å². The molecule has 90 valence electrons. The molecule has 1 atom stereocenters. The number of anilines is 1. The fraction of sp³-hybridized carbons (Fsp3) is 0.727. The highest BCUT2D eigenvalue weighted by molar-refractivity contribution is 5.32. The molecule has 0 saturated carbocycles. The standard InChI is InChI=1S/C11H20N4O/c1-2-4-14-5-3-13-11(14)15-6-7-16-10(8-12)9-15/h3,5,10H,2,4,6-9,12H2,1H3. The van der Waals surface area contributed by atoms with Crippen LogP contribution in [0.3, 0.4) is 0 Å². The summed E-state index contributed by atoms with van der Waals surface area (Å²) in [6.07, 6.45) is 5.15. The number of imidazole rings is 1. The zero-order valence-corrected chi connectivity index (χ0v) is 9.80. The third-order valence-electron chi connectivity index (χ3n) is 2.84. The second kappa shape index (κ2) is 5.32. The van der Waals surface area contributed by atoms with E-state index in [1.807, 2.05) is 12.4 Å². The summed E-state index contributed by atoms with van der Waals surface area (Å²) in [6, 6.07) is 0. The molecule has 1 unspecified atom stereocenters. The summed E-state index contributed by atoms with van der Waals surface area (Å²) in [5, 5.41) is 0. The summed E-state index contributed by atoms with van der Waals surface area (Å²) in [5.74, 6) is 1.05. The highest BCUT2D eigenvalue weighted by Gasteiger charge is 2.22. The quantitative estimate of drug-likeness (QED) is 0.807. The average molecular weight is 224 g/mol. The fourth-order valence-corrected chi connectivity index (χ4v) is 2.04. The van der Waals surface area contributed by atoms with Crippen molar-refractivity contribution in [1.82, 2.24) is 9.55 Å². The Labute approximate surface area is 96.2 Å². The molecule has 1 aromatic heterocycles. The van der Waals surface area contributed by atoms with Crippen molar-refractivity contribution in [3.8, 4) is 0 Å². The molecule has 2 N–H and O–H groups in total. The predicted molar refractivity (Wildman–Crippen MR) is 63.5 cm³/mol. The van der Waals surface area contributed by atoms with Gasteiger partial charge in [-0.05, 0) is 6.42 Å². The van der Waals surface area contributed by atoms with Crippen LogP contribution in [0.1, 0.15) is 13.3 Å².